The number of amides is 2. The molecule has 0 saturated carbocycles. The summed E-state index contributed by atoms with van der Waals surface area (Å²) in [5.41, 5.74) is 0.633. The lowest BCUT2D eigenvalue weighted by atomic mass is 9.96. The zero-order valence-electron chi connectivity index (χ0n) is 16.5. The third-order valence-corrected chi connectivity index (χ3v) is 5.44. The molecule has 1 aromatic carbocycles. The number of rotatable bonds is 6. The summed E-state index contributed by atoms with van der Waals surface area (Å²) in [6, 6.07) is 7.10. The molecule has 2 heterocycles. The summed E-state index contributed by atoms with van der Waals surface area (Å²) >= 11 is 0. The number of halogens is 1. The summed E-state index contributed by atoms with van der Waals surface area (Å²) in [4.78, 5) is 29.1. The number of benzene rings is 1. The molecule has 0 aliphatic carbocycles. The average molecular weight is 411 g/mol. The minimum atomic E-state index is -0.0719. The Morgan fingerprint density at radius 3 is 2.36 bits per heavy atom. The third kappa shape index (κ3) is 6.09. The second-order valence-electron chi connectivity index (χ2n) is 7.18. The van der Waals surface area contributed by atoms with Gasteiger partial charge < -0.3 is 20.3 Å². The number of piperazine rings is 1. The fraction of sp³-hybridized carbons (Fsp3) is 0.600. The molecular weight excluding hydrogens is 380 g/mol. The average Bonchev–Trinajstić information content (AvgIpc) is 2.74. The molecule has 2 amide bonds. The van der Waals surface area contributed by atoms with Gasteiger partial charge in [-0.05, 0) is 50.2 Å². The lowest BCUT2D eigenvalue weighted by Crippen LogP contribution is -2.52. The van der Waals surface area contributed by atoms with Crippen molar-refractivity contribution in [3.8, 4) is 5.75 Å². The van der Waals surface area contributed by atoms with Crippen molar-refractivity contribution in [1.82, 2.24) is 20.4 Å². The van der Waals surface area contributed by atoms with E-state index in [0.717, 1.165) is 64.4 Å². The third-order valence-electron chi connectivity index (χ3n) is 5.44. The van der Waals surface area contributed by atoms with Crippen LogP contribution in [0.25, 0.3) is 0 Å². The standard InChI is InChI=1S/C20H30N4O3.ClH/c1-27-18-4-2-16(3-5-18)19(25)22-10-11-23-12-14-24(15-13-23)20(26)17-6-8-21-9-7-17;/h2-5,17,21H,6-15H2,1H3,(H,22,25);1H. The van der Waals surface area contributed by atoms with Gasteiger partial charge in [0.2, 0.25) is 5.91 Å². The van der Waals surface area contributed by atoms with E-state index in [2.05, 4.69) is 15.5 Å². The first-order valence-electron chi connectivity index (χ1n) is 9.81. The Kier molecular flexibility index (Phi) is 9.02. The molecule has 1 aromatic rings. The van der Waals surface area contributed by atoms with E-state index in [0.29, 0.717) is 18.0 Å². The van der Waals surface area contributed by atoms with Gasteiger partial charge in [0.25, 0.3) is 5.91 Å². The minimum Gasteiger partial charge on any atom is -0.497 e. The van der Waals surface area contributed by atoms with E-state index in [-0.39, 0.29) is 24.2 Å². The Hall–Kier alpha value is -1.83. The van der Waals surface area contributed by atoms with Crippen LogP contribution in [0.2, 0.25) is 0 Å². The fourth-order valence-corrected chi connectivity index (χ4v) is 3.69. The van der Waals surface area contributed by atoms with Crippen LogP contribution in [-0.4, -0.2) is 81.1 Å². The number of carbonyl (C=O) groups excluding carboxylic acids is 2. The predicted molar refractivity (Wildman–Crippen MR) is 111 cm³/mol. The van der Waals surface area contributed by atoms with Gasteiger partial charge in [-0.15, -0.1) is 12.4 Å². The number of nitrogens with one attached hydrogen (secondary N) is 2. The molecule has 2 fully saturated rings. The van der Waals surface area contributed by atoms with Gasteiger partial charge in [-0.2, -0.15) is 0 Å². The number of hydrogen-bond donors (Lipinski definition) is 2. The van der Waals surface area contributed by atoms with Crippen molar-refractivity contribution in [2.75, 3.05) is 59.5 Å². The van der Waals surface area contributed by atoms with E-state index in [1.54, 1.807) is 31.4 Å². The van der Waals surface area contributed by atoms with Crippen molar-refractivity contribution in [2.24, 2.45) is 5.92 Å². The molecule has 2 aliphatic rings. The van der Waals surface area contributed by atoms with Crippen molar-refractivity contribution in [3.63, 3.8) is 0 Å². The molecule has 2 N–H and O–H groups in total. The van der Waals surface area contributed by atoms with Crippen LogP contribution in [0.15, 0.2) is 24.3 Å². The van der Waals surface area contributed by atoms with Crippen LogP contribution in [0, 0.1) is 5.92 Å². The van der Waals surface area contributed by atoms with Gasteiger partial charge >= 0.3 is 0 Å². The van der Waals surface area contributed by atoms with Gasteiger partial charge in [0.05, 0.1) is 7.11 Å². The van der Waals surface area contributed by atoms with Crippen LogP contribution in [-0.2, 0) is 4.79 Å². The zero-order valence-corrected chi connectivity index (χ0v) is 17.3. The first-order chi connectivity index (χ1) is 13.2. The molecule has 0 radical (unpaired) electrons. The number of ether oxygens (including phenoxy) is 1. The Balaban J connectivity index is 0.00000280. The van der Waals surface area contributed by atoms with E-state index in [4.69, 9.17) is 4.74 Å². The van der Waals surface area contributed by atoms with E-state index in [9.17, 15) is 9.59 Å². The molecule has 0 atom stereocenters. The Labute approximate surface area is 173 Å². The Bertz CT molecular complexity index is 627. The van der Waals surface area contributed by atoms with Crippen LogP contribution in [0.1, 0.15) is 23.2 Å². The van der Waals surface area contributed by atoms with Gasteiger partial charge in [-0.25, -0.2) is 0 Å². The quantitative estimate of drug-likeness (QED) is 0.731. The van der Waals surface area contributed by atoms with Gasteiger partial charge in [0.1, 0.15) is 5.75 Å². The largest absolute Gasteiger partial charge is 0.497 e. The van der Waals surface area contributed by atoms with Crippen LogP contribution in [0.3, 0.4) is 0 Å². The van der Waals surface area contributed by atoms with Gasteiger partial charge in [0.15, 0.2) is 0 Å². The molecule has 7 nitrogen and oxygen atoms in total. The first-order valence-corrected chi connectivity index (χ1v) is 9.81. The molecule has 156 valence electrons. The Morgan fingerprint density at radius 1 is 1.11 bits per heavy atom. The molecule has 28 heavy (non-hydrogen) atoms. The highest BCUT2D eigenvalue weighted by atomic mass is 35.5. The summed E-state index contributed by atoms with van der Waals surface area (Å²) in [7, 11) is 1.61. The summed E-state index contributed by atoms with van der Waals surface area (Å²) in [6.45, 7) is 6.62. The topological polar surface area (TPSA) is 73.9 Å². The van der Waals surface area contributed by atoms with E-state index in [1.165, 1.54) is 0 Å². The molecule has 8 heteroatoms. The maximum absolute atomic E-state index is 12.6. The minimum absolute atomic E-state index is 0. The molecule has 3 rings (SSSR count). The zero-order chi connectivity index (χ0) is 19.1. The molecule has 0 spiro atoms. The van der Waals surface area contributed by atoms with Crippen molar-refractivity contribution in [3.05, 3.63) is 29.8 Å². The number of nitrogens with zero attached hydrogens (tertiary/aromatic N) is 2. The summed E-state index contributed by atoms with van der Waals surface area (Å²) < 4.78 is 5.10. The highest BCUT2D eigenvalue weighted by molar-refractivity contribution is 5.94. The number of piperidine rings is 1. The van der Waals surface area contributed by atoms with Crippen molar-refractivity contribution in [1.29, 1.82) is 0 Å². The molecule has 2 aliphatic heterocycles. The van der Waals surface area contributed by atoms with Gasteiger partial charge in [-0.1, -0.05) is 0 Å². The smallest absolute Gasteiger partial charge is 0.251 e. The maximum Gasteiger partial charge on any atom is 0.251 e. The lowest BCUT2D eigenvalue weighted by Gasteiger charge is -2.37. The molecule has 0 unspecified atom stereocenters. The molecule has 0 bridgehead atoms. The van der Waals surface area contributed by atoms with Crippen molar-refractivity contribution >= 4 is 24.2 Å². The maximum atomic E-state index is 12.6. The van der Waals surface area contributed by atoms with Crippen LogP contribution >= 0.6 is 12.4 Å². The molecular formula is C20H31ClN4O3. The van der Waals surface area contributed by atoms with Gasteiger partial charge in [-0.3, -0.25) is 14.5 Å². The number of hydrogen-bond acceptors (Lipinski definition) is 5. The molecule has 0 aromatic heterocycles. The SMILES string of the molecule is COc1ccc(C(=O)NCCN2CCN(C(=O)C3CCNCC3)CC2)cc1.Cl. The van der Waals surface area contributed by atoms with E-state index in [1.807, 2.05) is 4.90 Å². The first kappa shape index (κ1) is 22.5. The summed E-state index contributed by atoms with van der Waals surface area (Å²) in [5.74, 6) is 1.19. The monoisotopic (exact) mass is 410 g/mol. The number of methoxy groups -OCH3 is 1. The number of carbonyl (C=O) groups is 2. The van der Waals surface area contributed by atoms with Crippen LogP contribution < -0.4 is 15.4 Å². The fourth-order valence-electron chi connectivity index (χ4n) is 3.69. The second kappa shape index (κ2) is 11.2. The van der Waals surface area contributed by atoms with E-state index < -0.39 is 0 Å². The predicted octanol–water partition coefficient (Wildman–Crippen LogP) is 0.991. The van der Waals surface area contributed by atoms with E-state index >= 15 is 0 Å². The summed E-state index contributed by atoms with van der Waals surface area (Å²) in [5, 5.41) is 6.27. The lowest BCUT2D eigenvalue weighted by molar-refractivity contribution is -0.138. The van der Waals surface area contributed by atoms with Crippen LogP contribution in [0.4, 0.5) is 0 Å². The molecule has 2 saturated heterocycles. The van der Waals surface area contributed by atoms with Crippen molar-refractivity contribution < 1.29 is 14.3 Å². The van der Waals surface area contributed by atoms with Crippen molar-refractivity contribution in [2.45, 2.75) is 12.8 Å². The highest BCUT2D eigenvalue weighted by Gasteiger charge is 2.28. The van der Waals surface area contributed by atoms with Crippen LogP contribution in [0.5, 0.6) is 5.75 Å². The van der Waals surface area contributed by atoms with Gasteiger partial charge in [0, 0.05) is 50.7 Å². The Morgan fingerprint density at radius 2 is 1.75 bits per heavy atom. The highest BCUT2D eigenvalue weighted by Crippen LogP contribution is 2.16. The normalized spacial score (nSPS) is 18.2. The second-order valence-corrected chi connectivity index (χ2v) is 7.18. The summed E-state index contributed by atoms with van der Waals surface area (Å²) in [6.07, 6.45) is 1.91.